The Hall–Kier alpha value is -2.70. The summed E-state index contributed by atoms with van der Waals surface area (Å²) in [5.41, 5.74) is 6.45. The Balaban J connectivity index is 1.33. The Kier molecular flexibility index (Phi) is 11.6. The Bertz CT molecular complexity index is 1170. The molecule has 6 nitrogen and oxygen atoms in total. The molecular weight excluding hydrogens is 520 g/mol. The number of quaternary nitrogens is 1. The Morgan fingerprint density at radius 3 is 1.98 bits per heavy atom. The molecule has 2 aliphatic rings. The number of carbonyl (C=O) groups is 2. The van der Waals surface area contributed by atoms with Crippen LogP contribution in [0.1, 0.15) is 93.4 Å². The van der Waals surface area contributed by atoms with Gasteiger partial charge in [0, 0.05) is 17.8 Å². The largest absolute Gasteiger partial charge is 0.324 e. The molecule has 2 heterocycles. The molecule has 42 heavy (non-hydrogen) atoms. The third kappa shape index (κ3) is 7.82. The van der Waals surface area contributed by atoms with E-state index in [0.29, 0.717) is 0 Å². The van der Waals surface area contributed by atoms with Crippen LogP contribution in [0.15, 0.2) is 36.4 Å². The smallest absolute Gasteiger partial charge is 0.282 e. The Morgan fingerprint density at radius 2 is 1.36 bits per heavy atom. The molecule has 0 aromatic heterocycles. The van der Waals surface area contributed by atoms with Crippen molar-refractivity contribution in [1.82, 2.24) is 4.90 Å². The number of likely N-dealkylation sites (tertiary alicyclic amines) is 2. The van der Waals surface area contributed by atoms with Crippen molar-refractivity contribution in [3.05, 3.63) is 58.7 Å². The number of nitrogens with one attached hydrogen (secondary N) is 2. The van der Waals surface area contributed by atoms with E-state index in [-0.39, 0.29) is 23.9 Å². The van der Waals surface area contributed by atoms with E-state index < -0.39 is 0 Å². The molecule has 3 atom stereocenters. The van der Waals surface area contributed by atoms with Gasteiger partial charge in [0.1, 0.15) is 0 Å². The summed E-state index contributed by atoms with van der Waals surface area (Å²) in [6.45, 7) is 15.8. The van der Waals surface area contributed by atoms with Crippen LogP contribution in [0, 0.1) is 27.7 Å². The highest BCUT2D eigenvalue weighted by Crippen LogP contribution is 2.30. The number of amides is 2. The van der Waals surface area contributed by atoms with E-state index in [4.69, 9.17) is 0 Å². The Morgan fingerprint density at radius 1 is 0.762 bits per heavy atom. The minimum atomic E-state index is -0.0451. The van der Waals surface area contributed by atoms with Crippen LogP contribution < -0.4 is 10.6 Å². The number of anilines is 2. The van der Waals surface area contributed by atoms with Gasteiger partial charge < -0.3 is 15.1 Å². The third-order valence-corrected chi connectivity index (χ3v) is 9.89. The summed E-state index contributed by atoms with van der Waals surface area (Å²) >= 11 is 0. The van der Waals surface area contributed by atoms with Crippen LogP contribution in [-0.4, -0.2) is 66.0 Å². The molecule has 0 saturated carbocycles. The fourth-order valence-electron chi connectivity index (χ4n) is 7.58. The Labute approximate surface area is 254 Å². The highest BCUT2D eigenvalue weighted by Gasteiger charge is 2.43. The molecule has 6 heteroatoms. The van der Waals surface area contributed by atoms with Crippen molar-refractivity contribution >= 4 is 23.2 Å². The molecule has 2 aromatic carbocycles. The fraction of sp³-hybridized carbons (Fsp3) is 0.611. The zero-order valence-electron chi connectivity index (χ0n) is 26.9. The zero-order chi connectivity index (χ0) is 30.1. The summed E-state index contributed by atoms with van der Waals surface area (Å²) in [6.07, 6.45) is 11.0. The molecule has 2 fully saturated rings. The summed E-state index contributed by atoms with van der Waals surface area (Å²) in [5, 5.41) is 6.61. The summed E-state index contributed by atoms with van der Waals surface area (Å²) in [4.78, 5) is 29.6. The molecule has 2 aromatic rings. The number of unbranched alkanes of at least 4 members (excludes halogenated alkanes) is 2. The second kappa shape index (κ2) is 15.2. The van der Waals surface area contributed by atoms with Crippen molar-refractivity contribution in [2.24, 2.45) is 0 Å². The SMILES string of the molecule is CCC[N+]1(CCCCCN2CCCCC2C(=O)Nc2c(C)cccc2C)CCCCC1C(=O)Nc1c(C)cccc1C. The van der Waals surface area contributed by atoms with Gasteiger partial charge in [-0.3, -0.25) is 14.5 Å². The van der Waals surface area contributed by atoms with Gasteiger partial charge in [0.25, 0.3) is 5.91 Å². The maximum atomic E-state index is 13.8. The lowest BCUT2D eigenvalue weighted by atomic mass is 9.95. The number of aryl methyl sites for hydroxylation is 4. The normalized spacial score (nSPS) is 23.0. The van der Waals surface area contributed by atoms with E-state index in [1.165, 1.54) is 12.8 Å². The molecule has 2 amide bonds. The molecule has 2 saturated heterocycles. The molecule has 3 unspecified atom stereocenters. The van der Waals surface area contributed by atoms with Gasteiger partial charge in [-0.1, -0.05) is 49.7 Å². The van der Waals surface area contributed by atoms with Gasteiger partial charge in [-0.15, -0.1) is 0 Å². The van der Waals surface area contributed by atoms with Crippen molar-refractivity contribution in [3.8, 4) is 0 Å². The van der Waals surface area contributed by atoms with Crippen LogP contribution in [0.25, 0.3) is 0 Å². The highest BCUT2D eigenvalue weighted by atomic mass is 16.2. The first-order valence-electron chi connectivity index (χ1n) is 16.6. The minimum absolute atomic E-state index is 0.0257. The molecule has 230 valence electrons. The average Bonchev–Trinajstić information content (AvgIpc) is 2.97. The lowest BCUT2D eigenvalue weighted by Crippen LogP contribution is -2.62. The summed E-state index contributed by atoms with van der Waals surface area (Å²) in [6, 6.07) is 12.4. The minimum Gasteiger partial charge on any atom is -0.324 e. The van der Waals surface area contributed by atoms with Gasteiger partial charge in [-0.05, 0) is 114 Å². The van der Waals surface area contributed by atoms with Crippen molar-refractivity contribution < 1.29 is 14.1 Å². The van der Waals surface area contributed by atoms with E-state index in [2.05, 4.69) is 80.5 Å². The predicted molar refractivity (Wildman–Crippen MR) is 175 cm³/mol. The molecule has 4 rings (SSSR count). The van der Waals surface area contributed by atoms with Crippen LogP contribution in [0.3, 0.4) is 0 Å². The first kappa shape index (κ1) is 32.2. The van der Waals surface area contributed by atoms with E-state index in [1.807, 2.05) is 6.07 Å². The quantitative estimate of drug-likeness (QED) is 0.206. The van der Waals surface area contributed by atoms with Crippen molar-refractivity contribution in [2.75, 3.05) is 43.4 Å². The lowest BCUT2D eigenvalue weighted by Gasteiger charge is -2.47. The number of para-hydroxylation sites is 2. The molecule has 0 spiro atoms. The first-order chi connectivity index (χ1) is 20.3. The van der Waals surface area contributed by atoms with E-state index >= 15 is 0 Å². The summed E-state index contributed by atoms with van der Waals surface area (Å²) in [5.74, 6) is 0.345. The number of nitrogens with zero attached hydrogens (tertiary/aromatic N) is 2. The highest BCUT2D eigenvalue weighted by molar-refractivity contribution is 5.96. The second-order valence-electron chi connectivity index (χ2n) is 13.0. The number of carbonyl (C=O) groups excluding carboxylic acids is 2. The maximum Gasteiger partial charge on any atom is 0.282 e. The van der Waals surface area contributed by atoms with Gasteiger partial charge >= 0.3 is 0 Å². The number of piperidine rings is 2. The average molecular weight is 576 g/mol. The van der Waals surface area contributed by atoms with Crippen molar-refractivity contribution in [3.63, 3.8) is 0 Å². The zero-order valence-corrected chi connectivity index (χ0v) is 26.9. The third-order valence-electron chi connectivity index (χ3n) is 9.89. The lowest BCUT2D eigenvalue weighted by molar-refractivity contribution is -0.947. The van der Waals surface area contributed by atoms with Gasteiger partial charge in [0.2, 0.25) is 5.91 Å². The molecule has 2 aliphatic heterocycles. The molecule has 0 bridgehead atoms. The molecular formula is C36H55N4O2+. The standard InChI is InChI=1S/C36H54N4O2/c1-6-24-40(26-13-9-21-32(40)36(42)38-34-29(4)18-15-19-30(34)5)25-12-7-10-22-39-23-11-8-20-31(39)35(41)37-33-27(2)16-14-17-28(33)3/h14-19,31-32H,6-13,20-26H2,1-5H3,(H-,37,38,41,42)/p+1. The van der Waals surface area contributed by atoms with Crippen LogP contribution >= 0.6 is 0 Å². The van der Waals surface area contributed by atoms with E-state index in [1.54, 1.807) is 0 Å². The van der Waals surface area contributed by atoms with Crippen LogP contribution in [0.2, 0.25) is 0 Å². The van der Waals surface area contributed by atoms with Crippen molar-refractivity contribution in [1.29, 1.82) is 0 Å². The summed E-state index contributed by atoms with van der Waals surface area (Å²) < 4.78 is 0.928. The van der Waals surface area contributed by atoms with Gasteiger partial charge in [-0.25, -0.2) is 0 Å². The van der Waals surface area contributed by atoms with E-state index in [9.17, 15) is 9.59 Å². The van der Waals surface area contributed by atoms with Gasteiger partial charge in [0.15, 0.2) is 6.04 Å². The fourth-order valence-corrected chi connectivity index (χ4v) is 7.58. The van der Waals surface area contributed by atoms with Crippen LogP contribution in [-0.2, 0) is 9.59 Å². The number of hydrogen-bond acceptors (Lipinski definition) is 3. The first-order valence-corrected chi connectivity index (χ1v) is 16.6. The molecule has 0 radical (unpaired) electrons. The number of rotatable bonds is 12. The van der Waals surface area contributed by atoms with Crippen molar-refractivity contribution in [2.45, 2.75) is 111 Å². The van der Waals surface area contributed by atoms with Gasteiger partial charge in [0.05, 0.1) is 25.7 Å². The molecule has 0 aliphatic carbocycles. The van der Waals surface area contributed by atoms with Gasteiger partial charge in [-0.2, -0.15) is 0 Å². The topological polar surface area (TPSA) is 61.4 Å². The number of hydrogen-bond donors (Lipinski definition) is 2. The maximum absolute atomic E-state index is 13.8. The number of benzene rings is 2. The van der Waals surface area contributed by atoms with E-state index in [0.717, 1.165) is 122 Å². The second-order valence-corrected chi connectivity index (χ2v) is 13.0. The van der Waals surface area contributed by atoms with Crippen LogP contribution in [0.5, 0.6) is 0 Å². The predicted octanol–water partition coefficient (Wildman–Crippen LogP) is 7.30. The summed E-state index contributed by atoms with van der Waals surface area (Å²) in [7, 11) is 0. The molecule has 2 N–H and O–H groups in total. The van der Waals surface area contributed by atoms with Crippen LogP contribution in [0.4, 0.5) is 11.4 Å². The monoisotopic (exact) mass is 575 g/mol.